The van der Waals surface area contributed by atoms with Crippen molar-refractivity contribution in [2.45, 2.75) is 31.7 Å². The van der Waals surface area contributed by atoms with Gasteiger partial charge in [-0.2, -0.15) is 0 Å². The third kappa shape index (κ3) is 2.34. The van der Waals surface area contributed by atoms with E-state index in [0.29, 0.717) is 18.5 Å². The Labute approximate surface area is 78.2 Å². The first-order valence-electron chi connectivity index (χ1n) is 4.91. The monoisotopic (exact) mass is 183 g/mol. The SMILES string of the molecule is NC(=NCC1(CO)CC1)NC1CC1. The van der Waals surface area contributed by atoms with E-state index in [1.54, 1.807) is 0 Å². The maximum absolute atomic E-state index is 9.03. The average Bonchev–Trinajstić information content (AvgIpc) is 2.98. The summed E-state index contributed by atoms with van der Waals surface area (Å²) >= 11 is 0. The summed E-state index contributed by atoms with van der Waals surface area (Å²) in [6, 6.07) is 0.563. The summed E-state index contributed by atoms with van der Waals surface area (Å²) in [4.78, 5) is 4.23. The minimum atomic E-state index is 0.0792. The van der Waals surface area contributed by atoms with Gasteiger partial charge >= 0.3 is 0 Å². The van der Waals surface area contributed by atoms with E-state index < -0.39 is 0 Å². The summed E-state index contributed by atoms with van der Waals surface area (Å²) in [5, 5.41) is 12.2. The number of aliphatic hydroxyl groups is 1. The van der Waals surface area contributed by atoms with Crippen molar-refractivity contribution in [3.63, 3.8) is 0 Å². The van der Waals surface area contributed by atoms with Crippen molar-refractivity contribution >= 4 is 5.96 Å². The zero-order chi connectivity index (χ0) is 9.31. The molecule has 2 aliphatic rings. The van der Waals surface area contributed by atoms with Crippen molar-refractivity contribution in [3.05, 3.63) is 0 Å². The van der Waals surface area contributed by atoms with E-state index in [2.05, 4.69) is 10.3 Å². The third-order valence-electron chi connectivity index (χ3n) is 2.81. The molecule has 0 atom stereocenters. The lowest BCUT2D eigenvalue weighted by Gasteiger charge is -2.08. The van der Waals surface area contributed by atoms with E-state index in [1.165, 1.54) is 12.8 Å². The first kappa shape index (κ1) is 8.81. The first-order chi connectivity index (χ1) is 6.24. The van der Waals surface area contributed by atoms with E-state index in [4.69, 9.17) is 10.8 Å². The highest BCUT2D eigenvalue weighted by Gasteiger charge is 2.41. The highest BCUT2D eigenvalue weighted by atomic mass is 16.3. The molecule has 0 spiro atoms. The summed E-state index contributed by atoms with van der Waals surface area (Å²) in [5.41, 5.74) is 5.74. The van der Waals surface area contributed by atoms with Crippen molar-refractivity contribution in [1.82, 2.24) is 5.32 Å². The molecule has 0 aromatic rings. The van der Waals surface area contributed by atoms with E-state index in [1.807, 2.05) is 0 Å². The number of aliphatic imine (C=N–C) groups is 1. The van der Waals surface area contributed by atoms with Gasteiger partial charge in [0, 0.05) is 11.5 Å². The molecule has 0 saturated heterocycles. The van der Waals surface area contributed by atoms with Gasteiger partial charge in [-0.15, -0.1) is 0 Å². The molecule has 2 fully saturated rings. The number of hydrogen-bond donors (Lipinski definition) is 3. The lowest BCUT2D eigenvalue weighted by Crippen LogP contribution is -2.34. The Bertz CT molecular complexity index is 219. The molecule has 0 amide bonds. The van der Waals surface area contributed by atoms with Gasteiger partial charge in [0.15, 0.2) is 5.96 Å². The fourth-order valence-electron chi connectivity index (χ4n) is 1.28. The second-order valence-electron chi connectivity index (χ2n) is 4.28. The lowest BCUT2D eigenvalue weighted by molar-refractivity contribution is 0.217. The maximum Gasteiger partial charge on any atom is 0.188 e. The Morgan fingerprint density at radius 1 is 1.54 bits per heavy atom. The quantitative estimate of drug-likeness (QED) is 0.418. The standard InChI is InChI=1S/C9H17N3O/c10-8(12-7-1-2-7)11-5-9(6-13)3-4-9/h7,13H,1-6H2,(H3,10,11,12). The number of guanidine groups is 1. The Kier molecular flexibility index (Phi) is 2.15. The highest BCUT2D eigenvalue weighted by molar-refractivity contribution is 5.78. The smallest absolute Gasteiger partial charge is 0.188 e. The second-order valence-corrected chi connectivity index (χ2v) is 4.28. The molecule has 2 rings (SSSR count). The van der Waals surface area contributed by atoms with Crippen LogP contribution >= 0.6 is 0 Å². The van der Waals surface area contributed by atoms with Crippen LogP contribution in [0.4, 0.5) is 0 Å². The Morgan fingerprint density at radius 3 is 2.69 bits per heavy atom. The summed E-state index contributed by atoms with van der Waals surface area (Å²) in [7, 11) is 0. The molecule has 0 aliphatic heterocycles. The maximum atomic E-state index is 9.03. The fourth-order valence-corrected chi connectivity index (χ4v) is 1.28. The van der Waals surface area contributed by atoms with E-state index in [9.17, 15) is 0 Å². The van der Waals surface area contributed by atoms with Crippen molar-refractivity contribution in [1.29, 1.82) is 0 Å². The van der Waals surface area contributed by atoms with Crippen LogP contribution in [0.15, 0.2) is 4.99 Å². The van der Waals surface area contributed by atoms with Gasteiger partial charge in [0.05, 0.1) is 13.2 Å². The molecule has 4 N–H and O–H groups in total. The van der Waals surface area contributed by atoms with Gasteiger partial charge in [-0.1, -0.05) is 0 Å². The molecule has 4 heteroatoms. The Balaban J connectivity index is 1.74. The molecule has 74 valence electrons. The van der Waals surface area contributed by atoms with Crippen LogP contribution in [0.5, 0.6) is 0 Å². The minimum Gasteiger partial charge on any atom is -0.396 e. The zero-order valence-electron chi connectivity index (χ0n) is 7.79. The topological polar surface area (TPSA) is 70.6 Å². The molecule has 0 aromatic heterocycles. The molecule has 0 bridgehead atoms. The molecule has 0 unspecified atom stereocenters. The largest absolute Gasteiger partial charge is 0.396 e. The van der Waals surface area contributed by atoms with Gasteiger partial charge in [0.25, 0.3) is 0 Å². The predicted molar refractivity (Wildman–Crippen MR) is 51.4 cm³/mol. The van der Waals surface area contributed by atoms with Crippen LogP contribution in [0.25, 0.3) is 0 Å². The Morgan fingerprint density at radius 2 is 2.23 bits per heavy atom. The molecular weight excluding hydrogens is 166 g/mol. The van der Waals surface area contributed by atoms with Crippen molar-refractivity contribution in [2.24, 2.45) is 16.1 Å². The molecule has 0 radical (unpaired) electrons. The van der Waals surface area contributed by atoms with E-state index in [-0.39, 0.29) is 12.0 Å². The number of rotatable bonds is 4. The summed E-state index contributed by atoms with van der Waals surface area (Å²) < 4.78 is 0. The first-order valence-corrected chi connectivity index (χ1v) is 4.91. The van der Waals surface area contributed by atoms with Crippen LogP contribution in [-0.2, 0) is 0 Å². The summed E-state index contributed by atoms with van der Waals surface area (Å²) in [6.45, 7) is 0.919. The number of nitrogens with one attached hydrogen (secondary N) is 1. The normalized spacial score (nSPS) is 25.8. The molecule has 2 aliphatic carbocycles. The van der Waals surface area contributed by atoms with E-state index in [0.717, 1.165) is 12.8 Å². The van der Waals surface area contributed by atoms with Gasteiger partial charge in [-0.3, -0.25) is 4.99 Å². The van der Waals surface area contributed by atoms with Crippen LogP contribution in [0.2, 0.25) is 0 Å². The summed E-state index contributed by atoms with van der Waals surface area (Å²) in [6.07, 6.45) is 4.59. The van der Waals surface area contributed by atoms with Gasteiger partial charge in [0.1, 0.15) is 0 Å². The zero-order valence-corrected chi connectivity index (χ0v) is 7.79. The van der Waals surface area contributed by atoms with Crippen LogP contribution in [-0.4, -0.2) is 30.3 Å². The molecule has 4 nitrogen and oxygen atoms in total. The number of aliphatic hydroxyl groups excluding tert-OH is 1. The third-order valence-corrected chi connectivity index (χ3v) is 2.81. The van der Waals surface area contributed by atoms with Crippen LogP contribution in [0, 0.1) is 5.41 Å². The molecule has 2 saturated carbocycles. The predicted octanol–water partition coefficient (Wildman–Crippen LogP) is -0.174. The van der Waals surface area contributed by atoms with Crippen LogP contribution in [0.3, 0.4) is 0 Å². The minimum absolute atomic E-state index is 0.0792. The van der Waals surface area contributed by atoms with Crippen molar-refractivity contribution in [2.75, 3.05) is 13.2 Å². The Hall–Kier alpha value is -0.770. The van der Waals surface area contributed by atoms with Crippen molar-refractivity contribution in [3.8, 4) is 0 Å². The van der Waals surface area contributed by atoms with Crippen molar-refractivity contribution < 1.29 is 5.11 Å². The fraction of sp³-hybridized carbons (Fsp3) is 0.889. The average molecular weight is 183 g/mol. The molecule has 13 heavy (non-hydrogen) atoms. The van der Waals surface area contributed by atoms with Crippen LogP contribution < -0.4 is 11.1 Å². The number of hydrogen-bond acceptors (Lipinski definition) is 2. The van der Waals surface area contributed by atoms with Crippen LogP contribution in [0.1, 0.15) is 25.7 Å². The number of nitrogens with zero attached hydrogens (tertiary/aromatic N) is 1. The lowest BCUT2D eigenvalue weighted by atomic mass is 10.1. The highest BCUT2D eigenvalue weighted by Crippen LogP contribution is 2.45. The summed E-state index contributed by atoms with van der Waals surface area (Å²) in [5.74, 6) is 0.544. The van der Waals surface area contributed by atoms with Gasteiger partial charge in [0.2, 0.25) is 0 Å². The molecule has 0 aromatic carbocycles. The second kappa shape index (κ2) is 3.18. The molecule has 0 heterocycles. The molecular formula is C9H17N3O. The van der Waals surface area contributed by atoms with Gasteiger partial charge in [-0.25, -0.2) is 0 Å². The number of nitrogens with two attached hydrogens (primary N) is 1. The van der Waals surface area contributed by atoms with Gasteiger partial charge < -0.3 is 16.2 Å². The van der Waals surface area contributed by atoms with Gasteiger partial charge in [-0.05, 0) is 25.7 Å². The van der Waals surface area contributed by atoms with E-state index >= 15 is 0 Å².